The summed E-state index contributed by atoms with van der Waals surface area (Å²) >= 11 is 4.85. The molecule has 0 radical (unpaired) electrons. The molecule has 0 amide bonds. The lowest BCUT2D eigenvalue weighted by molar-refractivity contribution is 0.102. The summed E-state index contributed by atoms with van der Waals surface area (Å²) in [6.07, 6.45) is 0. The SMILES string of the molecule is O=C(CBr)c1cccc(I)c1F. The second-order valence-corrected chi connectivity index (χ2v) is 3.88. The highest BCUT2D eigenvalue weighted by Gasteiger charge is 2.11. The Kier molecular flexibility index (Phi) is 3.64. The van der Waals surface area contributed by atoms with Gasteiger partial charge in [-0.2, -0.15) is 0 Å². The van der Waals surface area contributed by atoms with E-state index in [2.05, 4.69) is 15.9 Å². The molecule has 0 aromatic heterocycles. The first-order valence-electron chi connectivity index (χ1n) is 3.20. The smallest absolute Gasteiger partial charge is 0.176 e. The van der Waals surface area contributed by atoms with Crippen LogP contribution in [-0.4, -0.2) is 11.1 Å². The Labute approximate surface area is 91.6 Å². The van der Waals surface area contributed by atoms with E-state index in [9.17, 15) is 9.18 Å². The van der Waals surface area contributed by atoms with Crippen LogP contribution >= 0.6 is 38.5 Å². The van der Waals surface area contributed by atoms with Gasteiger partial charge in [-0.3, -0.25) is 4.79 Å². The third-order valence-corrected chi connectivity index (χ3v) is 2.72. The minimum absolute atomic E-state index is 0.152. The van der Waals surface area contributed by atoms with Crippen LogP contribution in [0.2, 0.25) is 0 Å². The second kappa shape index (κ2) is 4.32. The van der Waals surface area contributed by atoms with Crippen molar-refractivity contribution in [3.05, 3.63) is 33.1 Å². The molecular weight excluding hydrogens is 338 g/mol. The molecule has 0 saturated heterocycles. The second-order valence-electron chi connectivity index (χ2n) is 2.16. The van der Waals surface area contributed by atoms with Gasteiger partial charge >= 0.3 is 0 Å². The Morgan fingerprint density at radius 2 is 2.25 bits per heavy atom. The predicted molar refractivity (Wildman–Crippen MR) is 57.2 cm³/mol. The third kappa shape index (κ3) is 2.04. The third-order valence-electron chi connectivity index (χ3n) is 1.37. The van der Waals surface area contributed by atoms with Crippen LogP contribution in [0.4, 0.5) is 4.39 Å². The summed E-state index contributed by atoms with van der Waals surface area (Å²) in [6.45, 7) is 0. The normalized spacial score (nSPS) is 9.92. The van der Waals surface area contributed by atoms with Gasteiger partial charge in [0.1, 0.15) is 5.82 Å². The van der Waals surface area contributed by atoms with Gasteiger partial charge in [-0.15, -0.1) is 0 Å². The van der Waals surface area contributed by atoms with Gasteiger partial charge in [-0.25, -0.2) is 4.39 Å². The largest absolute Gasteiger partial charge is 0.293 e. The van der Waals surface area contributed by atoms with E-state index in [1.54, 1.807) is 12.1 Å². The molecule has 64 valence electrons. The Morgan fingerprint density at radius 3 is 2.83 bits per heavy atom. The van der Waals surface area contributed by atoms with Crippen molar-refractivity contribution in [3.63, 3.8) is 0 Å². The van der Waals surface area contributed by atoms with Crippen LogP contribution in [0.1, 0.15) is 10.4 Å². The number of ketones is 1. The molecule has 0 unspecified atom stereocenters. The number of Topliss-reactive ketones (excluding diaryl/α,β-unsaturated/α-hetero) is 1. The van der Waals surface area contributed by atoms with Crippen LogP contribution in [0, 0.1) is 9.39 Å². The first-order chi connectivity index (χ1) is 5.66. The molecule has 0 heterocycles. The summed E-state index contributed by atoms with van der Waals surface area (Å²) in [6, 6.07) is 4.78. The van der Waals surface area contributed by atoms with E-state index < -0.39 is 5.82 Å². The highest BCUT2D eigenvalue weighted by atomic mass is 127. The lowest BCUT2D eigenvalue weighted by Gasteiger charge is -2.00. The van der Waals surface area contributed by atoms with Gasteiger partial charge in [0.2, 0.25) is 0 Å². The molecule has 0 atom stereocenters. The lowest BCUT2D eigenvalue weighted by atomic mass is 10.1. The van der Waals surface area contributed by atoms with Crippen LogP contribution < -0.4 is 0 Å². The molecule has 0 bridgehead atoms. The summed E-state index contributed by atoms with van der Waals surface area (Å²) in [7, 11) is 0. The van der Waals surface area contributed by atoms with Crippen LogP contribution in [0.15, 0.2) is 18.2 Å². The maximum Gasteiger partial charge on any atom is 0.176 e. The monoisotopic (exact) mass is 342 g/mol. The zero-order valence-electron chi connectivity index (χ0n) is 5.98. The quantitative estimate of drug-likeness (QED) is 0.459. The van der Waals surface area contributed by atoms with Gasteiger partial charge in [0.05, 0.1) is 10.9 Å². The van der Waals surface area contributed by atoms with E-state index in [1.165, 1.54) is 6.07 Å². The predicted octanol–water partition coefficient (Wildman–Crippen LogP) is 3.01. The summed E-state index contributed by atoms with van der Waals surface area (Å²) in [5, 5.41) is 0.157. The molecule has 1 aromatic rings. The van der Waals surface area contributed by atoms with Gasteiger partial charge in [0.15, 0.2) is 5.78 Å². The summed E-state index contributed by atoms with van der Waals surface area (Å²) in [5.41, 5.74) is 0.152. The molecule has 1 rings (SSSR count). The molecule has 4 heteroatoms. The zero-order valence-corrected chi connectivity index (χ0v) is 9.72. The van der Waals surface area contributed by atoms with Crippen molar-refractivity contribution in [2.45, 2.75) is 0 Å². The van der Waals surface area contributed by atoms with Crippen molar-refractivity contribution in [1.82, 2.24) is 0 Å². The number of rotatable bonds is 2. The zero-order chi connectivity index (χ0) is 9.14. The fraction of sp³-hybridized carbons (Fsp3) is 0.125. The number of hydrogen-bond acceptors (Lipinski definition) is 1. The minimum Gasteiger partial charge on any atom is -0.293 e. The number of carbonyl (C=O) groups is 1. The number of carbonyl (C=O) groups excluding carboxylic acids is 1. The summed E-state index contributed by atoms with van der Waals surface area (Å²) in [5.74, 6) is -0.659. The van der Waals surface area contributed by atoms with E-state index in [4.69, 9.17) is 0 Å². The Balaban J connectivity index is 3.16. The van der Waals surface area contributed by atoms with Crippen molar-refractivity contribution in [2.24, 2.45) is 0 Å². The molecule has 1 aromatic carbocycles. The fourth-order valence-electron chi connectivity index (χ4n) is 0.791. The average Bonchev–Trinajstić information content (AvgIpc) is 2.08. The molecular formula is C8H5BrFIO. The summed E-state index contributed by atoms with van der Waals surface area (Å²) in [4.78, 5) is 11.1. The van der Waals surface area contributed by atoms with E-state index >= 15 is 0 Å². The minimum atomic E-state index is -0.428. The number of hydrogen-bond donors (Lipinski definition) is 0. The van der Waals surface area contributed by atoms with Gasteiger partial charge < -0.3 is 0 Å². The highest BCUT2D eigenvalue weighted by Crippen LogP contribution is 2.15. The number of benzene rings is 1. The maximum absolute atomic E-state index is 13.2. The van der Waals surface area contributed by atoms with Crippen LogP contribution in [0.25, 0.3) is 0 Å². The molecule has 0 aliphatic rings. The maximum atomic E-state index is 13.2. The van der Waals surface area contributed by atoms with Crippen LogP contribution in [0.5, 0.6) is 0 Å². The van der Waals surface area contributed by atoms with Crippen LogP contribution in [0.3, 0.4) is 0 Å². The van der Waals surface area contributed by atoms with Crippen LogP contribution in [-0.2, 0) is 0 Å². The number of alkyl halides is 1. The van der Waals surface area contributed by atoms with E-state index in [0.717, 1.165) is 0 Å². The first kappa shape index (κ1) is 10.1. The van der Waals surface area contributed by atoms with Crippen molar-refractivity contribution in [2.75, 3.05) is 5.33 Å². The van der Waals surface area contributed by atoms with Crippen molar-refractivity contribution in [3.8, 4) is 0 Å². The number of halogens is 3. The van der Waals surface area contributed by atoms with Gasteiger partial charge in [-0.05, 0) is 34.7 Å². The molecule has 12 heavy (non-hydrogen) atoms. The molecule has 0 aliphatic heterocycles. The van der Waals surface area contributed by atoms with Gasteiger partial charge in [0.25, 0.3) is 0 Å². The molecule has 1 nitrogen and oxygen atoms in total. The van der Waals surface area contributed by atoms with Gasteiger partial charge in [0, 0.05) is 3.57 Å². The van der Waals surface area contributed by atoms with Gasteiger partial charge in [-0.1, -0.05) is 22.0 Å². The summed E-state index contributed by atoms with van der Waals surface area (Å²) < 4.78 is 13.7. The first-order valence-corrected chi connectivity index (χ1v) is 5.40. The van der Waals surface area contributed by atoms with E-state index in [-0.39, 0.29) is 16.7 Å². The van der Waals surface area contributed by atoms with E-state index in [0.29, 0.717) is 3.57 Å². The molecule has 0 N–H and O–H groups in total. The molecule has 0 spiro atoms. The van der Waals surface area contributed by atoms with Crippen molar-refractivity contribution >= 4 is 44.3 Å². The molecule has 0 aliphatic carbocycles. The Hall–Kier alpha value is 0.0300. The lowest BCUT2D eigenvalue weighted by Crippen LogP contribution is -2.04. The topological polar surface area (TPSA) is 17.1 Å². The average molecular weight is 343 g/mol. The molecule has 0 saturated carbocycles. The fourth-order valence-corrected chi connectivity index (χ4v) is 1.59. The molecule has 0 fully saturated rings. The van der Waals surface area contributed by atoms with Crippen molar-refractivity contribution in [1.29, 1.82) is 0 Å². The van der Waals surface area contributed by atoms with E-state index in [1.807, 2.05) is 22.6 Å². The Morgan fingerprint density at radius 1 is 1.58 bits per heavy atom. The highest BCUT2D eigenvalue weighted by molar-refractivity contribution is 14.1. The Bertz CT molecular complexity index is 314. The van der Waals surface area contributed by atoms with Crippen molar-refractivity contribution < 1.29 is 9.18 Å². The standard InChI is InChI=1S/C8H5BrFIO/c9-4-7(12)5-2-1-3-6(11)8(5)10/h1-3H,4H2.